The monoisotopic (exact) mass is 277 g/mol. The Hall–Kier alpha value is -0.0900. The maximum absolute atomic E-state index is 2.16. The Morgan fingerprint density at radius 3 is 2.00 bits per heavy atom. The Labute approximate surface area is 88.9 Å². The second kappa shape index (κ2) is 7.55. The second-order valence-electron chi connectivity index (χ2n) is 2.72. The summed E-state index contributed by atoms with van der Waals surface area (Å²) in [6.45, 7) is 1.03. The Balaban J connectivity index is 0.000000561. The summed E-state index contributed by atoms with van der Waals surface area (Å²) in [6, 6.07) is 10.5. The van der Waals surface area contributed by atoms with Gasteiger partial charge < -0.3 is 4.90 Å². The molecular weight excluding hydrogens is 261 g/mol. The molecule has 12 heavy (non-hydrogen) atoms. The Morgan fingerprint density at radius 2 is 1.58 bits per heavy atom. The number of alkyl halides is 1. The first-order chi connectivity index (χ1) is 5.79. The van der Waals surface area contributed by atoms with Crippen molar-refractivity contribution in [3.63, 3.8) is 0 Å². The van der Waals surface area contributed by atoms with Gasteiger partial charge in [-0.1, -0.05) is 52.9 Å². The molecule has 0 radical (unpaired) electrons. The van der Waals surface area contributed by atoms with Crippen molar-refractivity contribution in [3.8, 4) is 0 Å². The molecule has 0 aliphatic carbocycles. The highest BCUT2D eigenvalue weighted by atomic mass is 127. The highest BCUT2D eigenvalue weighted by molar-refractivity contribution is 14.1. The normalized spacial score (nSPS) is 9.08. The lowest BCUT2D eigenvalue weighted by molar-refractivity contribution is 0.402. The molecular formula is C10H16IN. The zero-order valence-electron chi connectivity index (χ0n) is 7.92. The number of halogens is 1. The smallest absolute Gasteiger partial charge is 0.0227 e. The van der Waals surface area contributed by atoms with Crippen LogP contribution >= 0.6 is 22.6 Å². The molecule has 0 bridgehead atoms. The van der Waals surface area contributed by atoms with Crippen LogP contribution in [0.4, 0.5) is 0 Å². The van der Waals surface area contributed by atoms with Gasteiger partial charge in [0.05, 0.1) is 0 Å². The van der Waals surface area contributed by atoms with Crippen LogP contribution in [0.1, 0.15) is 5.56 Å². The average Bonchev–Trinajstić information content (AvgIpc) is 2.08. The lowest BCUT2D eigenvalue weighted by Gasteiger charge is -2.08. The number of benzene rings is 1. The van der Waals surface area contributed by atoms with Gasteiger partial charge in [0.25, 0.3) is 0 Å². The number of nitrogens with zero attached hydrogens (tertiary/aromatic N) is 1. The van der Waals surface area contributed by atoms with E-state index < -0.39 is 0 Å². The van der Waals surface area contributed by atoms with Crippen molar-refractivity contribution in [2.75, 3.05) is 19.0 Å². The molecule has 0 heterocycles. The van der Waals surface area contributed by atoms with Crippen molar-refractivity contribution in [1.82, 2.24) is 4.90 Å². The Kier molecular flexibility index (Phi) is 7.50. The molecule has 0 atom stereocenters. The highest BCUT2D eigenvalue weighted by Gasteiger charge is 1.90. The van der Waals surface area contributed by atoms with Gasteiger partial charge in [0.1, 0.15) is 0 Å². The minimum Gasteiger partial charge on any atom is -0.305 e. The fourth-order valence-electron chi connectivity index (χ4n) is 0.949. The molecule has 68 valence electrons. The Bertz CT molecular complexity index is 184. The molecule has 0 spiro atoms. The molecule has 1 aromatic rings. The fourth-order valence-corrected chi connectivity index (χ4v) is 0.949. The van der Waals surface area contributed by atoms with Gasteiger partial charge in [0.15, 0.2) is 0 Å². The molecule has 0 aromatic heterocycles. The maximum Gasteiger partial charge on any atom is 0.0227 e. The fraction of sp³-hybridized carbons (Fsp3) is 0.400. The summed E-state index contributed by atoms with van der Waals surface area (Å²) >= 11 is 2.15. The van der Waals surface area contributed by atoms with E-state index >= 15 is 0 Å². The van der Waals surface area contributed by atoms with E-state index in [2.05, 4.69) is 65.9 Å². The third kappa shape index (κ3) is 5.55. The number of hydrogen-bond donors (Lipinski definition) is 0. The SMILES string of the molecule is CI.CN(C)Cc1ccccc1. The highest BCUT2D eigenvalue weighted by Crippen LogP contribution is 1.99. The molecule has 1 rings (SSSR count). The van der Waals surface area contributed by atoms with Gasteiger partial charge in [-0.3, -0.25) is 0 Å². The summed E-state index contributed by atoms with van der Waals surface area (Å²) in [7, 11) is 4.15. The van der Waals surface area contributed by atoms with E-state index in [0.29, 0.717) is 0 Å². The van der Waals surface area contributed by atoms with E-state index in [0.717, 1.165) is 6.54 Å². The van der Waals surface area contributed by atoms with Gasteiger partial charge in [-0.15, -0.1) is 0 Å². The van der Waals surface area contributed by atoms with E-state index in [4.69, 9.17) is 0 Å². The van der Waals surface area contributed by atoms with Crippen molar-refractivity contribution >= 4 is 22.6 Å². The van der Waals surface area contributed by atoms with Gasteiger partial charge in [-0.05, 0) is 24.6 Å². The molecule has 2 heteroatoms. The molecule has 0 unspecified atom stereocenters. The minimum atomic E-state index is 1.03. The lowest BCUT2D eigenvalue weighted by atomic mass is 10.2. The predicted octanol–water partition coefficient (Wildman–Crippen LogP) is 2.80. The maximum atomic E-state index is 2.16. The number of hydrogen-bond acceptors (Lipinski definition) is 1. The second-order valence-corrected chi connectivity index (χ2v) is 2.72. The van der Waals surface area contributed by atoms with Gasteiger partial charge in [-0.25, -0.2) is 0 Å². The largest absolute Gasteiger partial charge is 0.305 e. The summed E-state index contributed by atoms with van der Waals surface area (Å²) in [5.41, 5.74) is 1.37. The van der Waals surface area contributed by atoms with Crippen LogP contribution in [0.15, 0.2) is 30.3 Å². The Morgan fingerprint density at radius 1 is 1.08 bits per heavy atom. The molecule has 0 amide bonds. The third-order valence-electron chi connectivity index (χ3n) is 1.34. The van der Waals surface area contributed by atoms with Crippen LogP contribution in [0.2, 0.25) is 0 Å². The van der Waals surface area contributed by atoms with Crippen LogP contribution in [0.25, 0.3) is 0 Å². The van der Waals surface area contributed by atoms with Crippen LogP contribution in [0.5, 0.6) is 0 Å². The molecule has 0 saturated heterocycles. The topological polar surface area (TPSA) is 3.24 Å². The van der Waals surface area contributed by atoms with Crippen molar-refractivity contribution in [2.45, 2.75) is 6.54 Å². The summed E-state index contributed by atoms with van der Waals surface area (Å²) in [4.78, 5) is 4.13. The first-order valence-corrected chi connectivity index (χ1v) is 6.01. The quantitative estimate of drug-likeness (QED) is 0.593. The molecule has 0 aliphatic heterocycles. The van der Waals surface area contributed by atoms with Crippen LogP contribution in [0.3, 0.4) is 0 Å². The third-order valence-corrected chi connectivity index (χ3v) is 1.34. The first-order valence-electron chi connectivity index (χ1n) is 3.85. The van der Waals surface area contributed by atoms with E-state index in [-0.39, 0.29) is 0 Å². The predicted molar refractivity (Wildman–Crippen MR) is 63.8 cm³/mol. The molecule has 0 N–H and O–H groups in total. The van der Waals surface area contributed by atoms with E-state index in [1.165, 1.54) is 5.56 Å². The first kappa shape index (κ1) is 11.9. The zero-order valence-corrected chi connectivity index (χ0v) is 10.1. The minimum absolute atomic E-state index is 1.03. The zero-order chi connectivity index (χ0) is 9.40. The van der Waals surface area contributed by atoms with Crippen molar-refractivity contribution in [1.29, 1.82) is 0 Å². The number of rotatable bonds is 2. The van der Waals surface area contributed by atoms with Crippen molar-refractivity contribution < 1.29 is 0 Å². The summed E-state index contributed by atoms with van der Waals surface area (Å²) in [5.74, 6) is 0. The standard InChI is InChI=1S/C9H13N.CH3I/c1-10(2)8-9-6-4-3-5-7-9;1-2/h3-7H,8H2,1-2H3;1H3. The van der Waals surface area contributed by atoms with E-state index in [9.17, 15) is 0 Å². The van der Waals surface area contributed by atoms with Gasteiger partial charge in [-0.2, -0.15) is 0 Å². The van der Waals surface area contributed by atoms with Crippen LogP contribution in [-0.2, 0) is 6.54 Å². The lowest BCUT2D eigenvalue weighted by Crippen LogP contribution is -2.10. The molecule has 1 aromatic carbocycles. The summed E-state index contributed by atoms with van der Waals surface area (Å²) in [5, 5.41) is 0. The molecule has 1 nitrogen and oxygen atoms in total. The molecule has 0 saturated carbocycles. The average molecular weight is 277 g/mol. The van der Waals surface area contributed by atoms with Crippen LogP contribution in [-0.4, -0.2) is 23.9 Å². The van der Waals surface area contributed by atoms with Crippen LogP contribution in [0, 0.1) is 0 Å². The van der Waals surface area contributed by atoms with Gasteiger partial charge >= 0.3 is 0 Å². The molecule has 0 aliphatic rings. The van der Waals surface area contributed by atoms with Crippen LogP contribution < -0.4 is 0 Å². The van der Waals surface area contributed by atoms with Crippen molar-refractivity contribution in [3.05, 3.63) is 35.9 Å². The van der Waals surface area contributed by atoms with Crippen molar-refractivity contribution in [2.24, 2.45) is 0 Å². The van der Waals surface area contributed by atoms with Gasteiger partial charge in [0, 0.05) is 6.54 Å². The summed E-state index contributed by atoms with van der Waals surface area (Å²) < 4.78 is 0. The van der Waals surface area contributed by atoms with Gasteiger partial charge in [0.2, 0.25) is 0 Å². The van der Waals surface area contributed by atoms with E-state index in [1.807, 2.05) is 11.0 Å². The van der Waals surface area contributed by atoms with E-state index in [1.54, 1.807) is 0 Å². The molecule has 0 fully saturated rings. The summed E-state index contributed by atoms with van der Waals surface area (Å²) in [6.07, 6.45) is 0.